The van der Waals surface area contributed by atoms with E-state index in [9.17, 15) is 9.59 Å². The van der Waals surface area contributed by atoms with E-state index >= 15 is 0 Å². The van der Waals surface area contributed by atoms with Crippen molar-refractivity contribution in [2.24, 2.45) is 11.7 Å². The van der Waals surface area contributed by atoms with Crippen molar-refractivity contribution in [2.75, 3.05) is 13.1 Å². The highest BCUT2D eigenvalue weighted by Gasteiger charge is 2.28. The largest absolute Gasteiger partial charge is 0.366 e. The summed E-state index contributed by atoms with van der Waals surface area (Å²) in [6.07, 6.45) is 3.15. The molecule has 1 aromatic heterocycles. The summed E-state index contributed by atoms with van der Waals surface area (Å²) in [6, 6.07) is 7.33. The lowest BCUT2D eigenvalue weighted by Gasteiger charge is -2.16. The first-order valence-electron chi connectivity index (χ1n) is 7.41. The number of aromatic amines is 1. The zero-order valence-electron chi connectivity index (χ0n) is 12.5. The van der Waals surface area contributed by atoms with E-state index in [0.29, 0.717) is 35.3 Å². The van der Waals surface area contributed by atoms with Crippen LogP contribution in [0.3, 0.4) is 0 Å². The van der Waals surface area contributed by atoms with Gasteiger partial charge in [-0.2, -0.15) is 5.10 Å². The van der Waals surface area contributed by atoms with Crippen LogP contribution in [0.4, 0.5) is 0 Å². The Morgan fingerprint density at radius 1 is 1.43 bits per heavy atom. The third kappa shape index (κ3) is 3.37. The number of nitrogens with two attached hydrogens (primary N) is 1. The summed E-state index contributed by atoms with van der Waals surface area (Å²) in [5, 5.41) is 6.76. The summed E-state index contributed by atoms with van der Waals surface area (Å²) in [4.78, 5) is 25.4. The van der Waals surface area contributed by atoms with Crippen molar-refractivity contribution in [3.8, 4) is 0 Å². The number of primary amides is 1. The minimum Gasteiger partial charge on any atom is -0.366 e. The lowest BCUT2D eigenvalue weighted by atomic mass is 9.97. The molecule has 1 fully saturated rings. The number of halogens is 1. The molecule has 0 spiro atoms. The number of likely N-dealkylation sites (tertiary alicyclic amines) is 1. The van der Waals surface area contributed by atoms with Gasteiger partial charge in [0.1, 0.15) is 5.69 Å². The van der Waals surface area contributed by atoms with E-state index in [-0.39, 0.29) is 5.91 Å². The maximum atomic E-state index is 12.4. The van der Waals surface area contributed by atoms with Gasteiger partial charge in [-0.1, -0.05) is 23.7 Å². The van der Waals surface area contributed by atoms with Gasteiger partial charge in [-0.3, -0.25) is 14.7 Å². The molecule has 6 nitrogen and oxygen atoms in total. The summed E-state index contributed by atoms with van der Waals surface area (Å²) in [6.45, 7) is 1.35. The maximum absolute atomic E-state index is 12.4. The van der Waals surface area contributed by atoms with Crippen LogP contribution in [-0.2, 0) is 6.42 Å². The number of aromatic nitrogens is 2. The van der Waals surface area contributed by atoms with E-state index in [1.54, 1.807) is 11.0 Å². The Kier molecular flexibility index (Phi) is 4.34. The van der Waals surface area contributed by atoms with Gasteiger partial charge in [0.05, 0.1) is 11.2 Å². The van der Waals surface area contributed by atoms with Crippen molar-refractivity contribution in [2.45, 2.75) is 12.8 Å². The second-order valence-corrected chi connectivity index (χ2v) is 6.17. The monoisotopic (exact) mass is 332 g/mol. The number of carbonyl (C=O) groups is 2. The Bertz CT molecular complexity index is 743. The van der Waals surface area contributed by atoms with Gasteiger partial charge in [-0.25, -0.2) is 0 Å². The van der Waals surface area contributed by atoms with Crippen molar-refractivity contribution in [1.82, 2.24) is 15.1 Å². The van der Waals surface area contributed by atoms with Crippen LogP contribution in [0.2, 0.25) is 5.02 Å². The van der Waals surface area contributed by atoms with Crippen molar-refractivity contribution in [1.29, 1.82) is 0 Å². The van der Waals surface area contributed by atoms with Gasteiger partial charge >= 0.3 is 0 Å². The highest BCUT2D eigenvalue weighted by atomic mass is 35.5. The first-order valence-corrected chi connectivity index (χ1v) is 7.79. The molecule has 2 aromatic rings. The molecule has 3 rings (SSSR count). The SMILES string of the molecule is NC(=O)c1cccc(CC2CCN(C(=O)c3[nH]ncc3Cl)C2)c1. The molecule has 1 unspecified atom stereocenters. The summed E-state index contributed by atoms with van der Waals surface area (Å²) in [5.41, 5.74) is 7.21. The molecule has 0 radical (unpaired) electrons. The fourth-order valence-corrected chi connectivity index (χ4v) is 3.12. The van der Waals surface area contributed by atoms with Gasteiger partial charge in [0.25, 0.3) is 5.91 Å². The molecule has 2 heterocycles. The van der Waals surface area contributed by atoms with Gasteiger partial charge in [-0.05, 0) is 36.5 Å². The van der Waals surface area contributed by atoms with E-state index in [2.05, 4.69) is 10.2 Å². The summed E-state index contributed by atoms with van der Waals surface area (Å²) >= 11 is 5.94. The molecular formula is C16H17ClN4O2. The Morgan fingerprint density at radius 3 is 2.96 bits per heavy atom. The standard InChI is InChI=1S/C16H17ClN4O2/c17-13-8-19-20-14(13)16(23)21-5-4-11(9-21)6-10-2-1-3-12(7-10)15(18)22/h1-3,7-8,11H,4-6,9H2,(H2,18,22)(H,19,20). The first-order chi connectivity index (χ1) is 11.0. The fraction of sp³-hybridized carbons (Fsp3) is 0.312. The van der Waals surface area contributed by atoms with Crippen LogP contribution in [0.5, 0.6) is 0 Å². The molecule has 3 N–H and O–H groups in total. The molecule has 1 aliphatic heterocycles. The van der Waals surface area contributed by atoms with Crippen LogP contribution in [0.25, 0.3) is 0 Å². The summed E-state index contributed by atoms with van der Waals surface area (Å²) in [5.74, 6) is -0.200. The second-order valence-electron chi connectivity index (χ2n) is 5.77. The van der Waals surface area contributed by atoms with Crippen LogP contribution < -0.4 is 5.73 Å². The molecule has 0 bridgehead atoms. The van der Waals surface area contributed by atoms with E-state index in [4.69, 9.17) is 17.3 Å². The van der Waals surface area contributed by atoms with Crippen molar-refractivity contribution < 1.29 is 9.59 Å². The number of carbonyl (C=O) groups excluding carboxylic acids is 2. The second kappa shape index (κ2) is 6.42. The number of amides is 2. The van der Waals surface area contributed by atoms with Crippen molar-refractivity contribution in [3.63, 3.8) is 0 Å². The Morgan fingerprint density at radius 2 is 2.26 bits per heavy atom. The number of nitrogens with one attached hydrogen (secondary N) is 1. The summed E-state index contributed by atoms with van der Waals surface area (Å²) in [7, 11) is 0. The molecule has 1 aliphatic rings. The molecule has 120 valence electrons. The van der Waals surface area contributed by atoms with Crippen molar-refractivity contribution >= 4 is 23.4 Å². The van der Waals surface area contributed by atoms with Crippen LogP contribution in [0.1, 0.15) is 32.8 Å². The zero-order valence-corrected chi connectivity index (χ0v) is 13.2. The smallest absolute Gasteiger partial charge is 0.273 e. The van der Waals surface area contributed by atoms with E-state index < -0.39 is 5.91 Å². The fourth-order valence-electron chi connectivity index (χ4n) is 2.95. The van der Waals surface area contributed by atoms with Gasteiger partial charge in [-0.15, -0.1) is 0 Å². The van der Waals surface area contributed by atoms with E-state index in [0.717, 1.165) is 18.4 Å². The third-order valence-electron chi connectivity index (χ3n) is 4.12. The minimum atomic E-state index is -0.427. The summed E-state index contributed by atoms with van der Waals surface area (Å²) < 4.78 is 0. The number of H-pyrrole nitrogens is 1. The molecule has 0 aliphatic carbocycles. The van der Waals surface area contributed by atoms with Gasteiger partial charge < -0.3 is 10.6 Å². The van der Waals surface area contributed by atoms with Crippen LogP contribution in [0, 0.1) is 5.92 Å². The van der Waals surface area contributed by atoms with Gasteiger partial charge in [0, 0.05) is 18.7 Å². The Balaban J connectivity index is 1.64. The van der Waals surface area contributed by atoms with Crippen molar-refractivity contribution in [3.05, 3.63) is 52.3 Å². The average Bonchev–Trinajstić information content (AvgIpc) is 3.16. The minimum absolute atomic E-state index is 0.124. The average molecular weight is 333 g/mol. The number of nitrogens with zero attached hydrogens (tertiary/aromatic N) is 2. The molecular weight excluding hydrogens is 316 g/mol. The highest BCUT2D eigenvalue weighted by molar-refractivity contribution is 6.33. The molecule has 1 saturated heterocycles. The lowest BCUT2D eigenvalue weighted by molar-refractivity contribution is 0.0781. The number of benzene rings is 1. The normalized spacial score (nSPS) is 17.4. The predicted molar refractivity (Wildman–Crippen MR) is 86.3 cm³/mol. The highest BCUT2D eigenvalue weighted by Crippen LogP contribution is 2.24. The van der Waals surface area contributed by atoms with Crippen LogP contribution in [0.15, 0.2) is 30.5 Å². The lowest BCUT2D eigenvalue weighted by Crippen LogP contribution is -2.29. The maximum Gasteiger partial charge on any atom is 0.273 e. The van der Waals surface area contributed by atoms with E-state index in [1.165, 1.54) is 6.20 Å². The molecule has 1 aromatic carbocycles. The van der Waals surface area contributed by atoms with Crippen LogP contribution in [-0.4, -0.2) is 40.0 Å². The topological polar surface area (TPSA) is 92.1 Å². The Hall–Kier alpha value is -2.34. The molecule has 23 heavy (non-hydrogen) atoms. The van der Waals surface area contributed by atoms with Crippen LogP contribution >= 0.6 is 11.6 Å². The molecule has 1 atom stereocenters. The molecule has 7 heteroatoms. The Labute approximate surface area is 138 Å². The van der Waals surface area contributed by atoms with Gasteiger partial charge in [0.2, 0.25) is 5.91 Å². The number of hydrogen-bond donors (Lipinski definition) is 2. The third-order valence-corrected chi connectivity index (χ3v) is 4.40. The molecule has 2 amide bonds. The van der Waals surface area contributed by atoms with E-state index in [1.807, 2.05) is 18.2 Å². The number of hydrogen-bond acceptors (Lipinski definition) is 3. The predicted octanol–water partition coefficient (Wildman–Crippen LogP) is 1.87. The first kappa shape index (κ1) is 15.6. The quantitative estimate of drug-likeness (QED) is 0.895. The van der Waals surface area contributed by atoms with Gasteiger partial charge in [0.15, 0.2) is 0 Å². The zero-order chi connectivity index (χ0) is 16.4. The molecule has 0 saturated carbocycles. The number of rotatable bonds is 4.